The predicted octanol–water partition coefficient (Wildman–Crippen LogP) is 0.966. The average Bonchev–Trinajstić information content (AvgIpc) is 2.18. The highest BCUT2D eigenvalue weighted by Crippen LogP contribution is 2.09. The molecule has 74 valence electrons. The minimum Gasteiger partial charge on any atom is -0.245 e. The molecule has 14 heavy (non-hydrogen) atoms. The number of sulfone groups is 1. The lowest BCUT2D eigenvalue weighted by Crippen LogP contribution is -2.09. The van der Waals surface area contributed by atoms with Crippen LogP contribution in [0.4, 0.5) is 0 Å². The van der Waals surface area contributed by atoms with Crippen LogP contribution in [-0.2, 0) is 9.84 Å². The van der Waals surface area contributed by atoms with Crippen LogP contribution in [0.5, 0.6) is 0 Å². The molecule has 0 bridgehead atoms. The fourth-order valence-corrected chi connectivity index (χ4v) is 2.40. The first-order valence-electron chi connectivity index (χ1n) is 3.75. The number of nitrogens with zero attached hydrogens (tertiary/aromatic N) is 2. The Bertz CT molecular complexity index is 464. The summed E-state index contributed by atoms with van der Waals surface area (Å²) in [7, 11) is -3.44. The number of alkyl halides is 1. The van der Waals surface area contributed by atoms with Crippen LogP contribution < -0.4 is 0 Å². The van der Waals surface area contributed by atoms with Crippen LogP contribution in [0.3, 0.4) is 0 Å². The molecule has 6 heteroatoms. The minimum atomic E-state index is -3.44. The van der Waals surface area contributed by atoms with Gasteiger partial charge in [-0.3, -0.25) is 0 Å². The lowest BCUT2D eigenvalue weighted by molar-refractivity contribution is 0.593. The van der Waals surface area contributed by atoms with E-state index in [-0.39, 0.29) is 22.2 Å². The van der Waals surface area contributed by atoms with Crippen molar-refractivity contribution in [3.8, 4) is 6.07 Å². The molecule has 0 saturated heterocycles. The zero-order valence-corrected chi connectivity index (χ0v) is 8.72. The molecule has 1 aromatic heterocycles. The van der Waals surface area contributed by atoms with E-state index in [1.165, 1.54) is 18.3 Å². The lowest BCUT2D eigenvalue weighted by Gasteiger charge is -2.00. The topological polar surface area (TPSA) is 70.8 Å². The summed E-state index contributed by atoms with van der Waals surface area (Å²) in [6.45, 7) is 0. The highest BCUT2D eigenvalue weighted by atomic mass is 35.5. The van der Waals surface area contributed by atoms with Gasteiger partial charge in [-0.1, -0.05) is 0 Å². The van der Waals surface area contributed by atoms with E-state index in [2.05, 4.69) is 4.98 Å². The molecular formula is C8H7ClN2O2S. The Hall–Kier alpha value is -1.12. The Kier molecular flexibility index (Phi) is 3.44. The molecule has 0 fully saturated rings. The van der Waals surface area contributed by atoms with E-state index in [0.717, 1.165) is 0 Å². The fourth-order valence-electron chi connectivity index (χ4n) is 0.855. The Balaban J connectivity index is 3.15. The van der Waals surface area contributed by atoms with Gasteiger partial charge in [0, 0.05) is 12.1 Å². The Morgan fingerprint density at radius 1 is 1.57 bits per heavy atom. The van der Waals surface area contributed by atoms with Gasteiger partial charge in [0.2, 0.25) is 0 Å². The number of halogens is 1. The van der Waals surface area contributed by atoms with Crippen LogP contribution >= 0.6 is 11.6 Å². The van der Waals surface area contributed by atoms with Crippen LogP contribution in [0.1, 0.15) is 5.56 Å². The second-order valence-corrected chi connectivity index (χ2v) is 4.94. The van der Waals surface area contributed by atoms with E-state index in [4.69, 9.17) is 16.9 Å². The Labute approximate surface area is 87.1 Å². The van der Waals surface area contributed by atoms with Crippen molar-refractivity contribution in [1.29, 1.82) is 5.26 Å². The van der Waals surface area contributed by atoms with Crippen LogP contribution in [0.15, 0.2) is 23.4 Å². The SMILES string of the molecule is N#Cc1ccnc(S(=O)(=O)CCCl)c1. The molecule has 0 atom stereocenters. The molecule has 0 N–H and O–H groups in total. The summed E-state index contributed by atoms with van der Waals surface area (Å²) in [5.74, 6) is -0.156. The van der Waals surface area contributed by atoms with Crippen molar-refractivity contribution in [3.63, 3.8) is 0 Å². The van der Waals surface area contributed by atoms with Crippen molar-refractivity contribution in [2.75, 3.05) is 11.6 Å². The van der Waals surface area contributed by atoms with E-state index >= 15 is 0 Å². The van der Waals surface area contributed by atoms with Gasteiger partial charge in [0.1, 0.15) is 0 Å². The van der Waals surface area contributed by atoms with Crippen LogP contribution in [-0.4, -0.2) is 25.0 Å². The first-order chi connectivity index (χ1) is 6.60. The third-order valence-corrected chi connectivity index (χ3v) is 3.54. The standard InChI is InChI=1S/C8H7ClN2O2S/c9-2-4-14(12,13)8-5-7(6-10)1-3-11-8/h1,3,5H,2,4H2. The normalized spacial score (nSPS) is 10.9. The van der Waals surface area contributed by atoms with Gasteiger partial charge in [-0.2, -0.15) is 5.26 Å². The fraction of sp³-hybridized carbons (Fsp3) is 0.250. The third-order valence-electron chi connectivity index (χ3n) is 1.53. The maximum atomic E-state index is 11.4. The summed E-state index contributed by atoms with van der Waals surface area (Å²) >= 11 is 5.34. The second kappa shape index (κ2) is 4.40. The molecule has 1 heterocycles. The largest absolute Gasteiger partial charge is 0.245 e. The van der Waals surface area contributed by atoms with Crippen LogP contribution in [0.2, 0.25) is 0 Å². The molecule has 0 radical (unpaired) electrons. The van der Waals surface area contributed by atoms with E-state index < -0.39 is 9.84 Å². The molecule has 0 saturated carbocycles. The second-order valence-electron chi connectivity index (χ2n) is 2.50. The zero-order valence-electron chi connectivity index (χ0n) is 7.14. The van der Waals surface area contributed by atoms with Crippen LogP contribution in [0, 0.1) is 11.3 Å². The summed E-state index contributed by atoms with van der Waals surface area (Å²) in [4.78, 5) is 3.68. The minimum absolute atomic E-state index is 0.0147. The van der Waals surface area contributed by atoms with Gasteiger partial charge in [0.15, 0.2) is 14.9 Å². The van der Waals surface area contributed by atoms with Crippen molar-refractivity contribution in [1.82, 2.24) is 4.98 Å². The molecule has 0 aliphatic heterocycles. The Morgan fingerprint density at radius 2 is 2.29 bits per heavy atom. The maximum absolute atomic E-state index is 11.4. The molecule has 0 unspecified atom stereocenters. The van der Waals surface area contributed by atoms with E-state index in [9.17, 15) is 8.42 Å². The summed E-state index contributed by atoms with van der Waals surface area (Å²) in [5.41, 5.74) is 0.271. The number of hydrogen-bond donors (Lipinski definition) is 0. The molecule has 0 aromatic carbocycles. The summed E-state index contributed by atoms with van der Waals surface area (Å²) < 4.78 is 22.9. The zero-order chi connectivity index (χ0) is 10.6. The molecule has 0 amide bonds. The number of pyridine rings is 1. The van der Waals surface area contributed by atoms with E-state index in [1.54, 1.807) is 0 Å². The quantitative estimate of drug-likeness (QED) is 0.726. The molecule has 0 spiro atoms. The molecule has 4 nitrogen and oxygen atoms in total. The molecule has 0 aliphatic rings. The van der Waals surface area contributed by atoms with Gasteiger partial charge in [-0.15, -0.1) is 11.6 Å². The average molecular weight is 231 g/mol. The highest BCUT2D eigenvalue weighted by molar-refractivity contribution is 7.91. The summed E-state index contributed by atoms with van der Waals surface area (Å²) in [6, 6.07) is 4.53. The van der Waals surface area contributed by atoms with Crippen molar-refractivity contribution < 1.29 is 8.42 Å². The first-order valence-corrected chi connectivity index (χ1v) is 5.93. The van der Waals surface area contributed by atoms with Crippen molar-refractivity contribution in [2.45, 2.75) is 5.03 Å². The summed E-state index contributed by atoms with van der Waals surface area (Å²) in [5, 5.41) is 8.46. The number of aromatic nitrogens is 1. The molecule has 1 aromatic rings. The summed E-state index contributed by atoms with van der Waals surface area (Å²) in [6.07, 6.45) is 1.29. The van der Waals surface area contributed by atoms with E-state index in [0.29, 0.717) is 0 Å². The predicted molar refractivity (Wildman–Crippen MR) is 51.7 cm³/mol. The Morgan fingerprint density at radius 3 is 2.86 bits per heavy atom. The molecule has 1 rings (SSSR count). The van der Waals surface area contributed by atoms with Crippen molar-refractivity contribution in [3.05, 3.63) is 23.9 Å². The van der Waals surface area contributed by atoms with E-state index in [1.807, 2.05) is 6.07 Å². The molecular weight excluding hydrogens is 224 g/mol. The van der Waals surface area contributed by atoms with Crippen molar-refractivity contribution in [2.24, 2.45) is 0 Å². The van der Waals surface area contributed by atoms with Gasteiger partial charge in [-0.25, -0.2) is 13.4 Å². The smallest absolute Gasteiger partial charge is 0.196 e. The number of rotatable bonds is 3. The number of hydrogen-bond acceptors (Lipinski definition) is 4. The first kappa shape index (κ1) is 11.0. The van der Waals surface area contributed by atoms with Crippen LogP contribution in [0.25, 0.3) is 0 Å². The van der Waals surface area contributed by atoms with Crippen molar-refractivity contribution >= 4 is 21.4 Å². The maximum Gasteiger partial charge on any atom is 0.196 e. The van der Waals surface area contributed by atoms with Gasteiger partial charge in [0.25, 0.3) is 0 Å². The monoisotopic (exact) mass is 230 g/mol. The van der Waals surface area contributed by atoms with Gasteiger partial charge in [0.05, 0.1) is 17.4 Å². The lowest BCUT2D eigenvalue weighted by atomic mass is 10.3. The van der Waals surface area contributed by atoms with Gasteiger partial charge >= 0.3 is 0 Å². The molecule has 0 aliphatic carbocycles. The van der Waals surface area contributed by atoms with Gasteiger partial charge < -0.3 is 0 Å². The number of nitriles is 1. The van der Waals surface area contributed by atoms with Gasteiger partial charge in [-0.05, 0) is 12.1 Å². The highest BCUT2D eigenvalue weighted by Gasteiger charge is 2.15. The third kappa shape index (κ3) is 2.44.